The summed E-state index contributed by atoms with van der Waals surface area (Å²) in [5.41, 5.74) is 10.5. The summed E-state index contributed by atoms with van der Waals surface area (Å²) >= 11 is 12.3. The summed E-state index contributed by atoms with van der Waals surface area (Å²) in [5, 5.41) is 9.17. The second-order valence-corrected chi connectivity index (χ2v) is 10.7. The van der Waals surface area contributed by atoms with Gasteiger partial charge in [-0.05, 0) is 34.9 Å². The number of nitrogen functional groups attached to an aromatic ring is 1. The van der Waals surface area contributed by atoms with Gasteiger partial charge < -0.3 is 10.5 Å². The first-order valence-corrected chi connectivity index (χ1v) is 14.0. The molecule has 3 heterocycles. The molecule has 0 spiro atoms. The molecule has 6 rings (SSSR count). The molecule has 0 saturated carbocycles. The Morgan fingerprint density at radius 2 is 1.66 bits per heavy atom. The highest BCUT2D eigenvalue weighted by molar-refractivity contribution is 6.36. The van der Waals surface area contributed by atoms with E-state index in [1.165, 1.54) is 23.3 Å². The predicted molar refractivity (Wildman–Crippen MR) is 159 cm³/mol. The fourth-order valence-electron chi connectivity index (χ4n) is 5.11. The minimum Gasteiger partial charge on any atom is -0.489 e. The average Bonchev–Trinajstić information content (AvgIpc) is 3.46. The predicted octanol–water partition coefficient (Wildman–Crippen LogP) is 6.64. The molecule has 0 radical (unpaired) electrons. The lowest BCUT2D eigenvalue weighted by molar-refractivity contribution is 0.0671. The zero-order valence-corrected chi connectivity index (χ0v) is 23.5. The first kappa shape index (κ1) is 27.2. The van der Waals surface area contributed by atoms with Gasteiger partial charge in [0.05, 0.1) is 29.9 Å². The van der Waals surface area contributed by atoms with Gasteiger partial charge in [-0.2, -0.15) is 0 Å². The minimum absolute atomic E-state index is 0.00835. The van der Waals surface area contributed by atoms with Gasteiger partial charge in [0.15, 0.2) is 11.6 Å². The van der Waals surface area contributed by atoms with Crippen LogP contribution in [0.25, 0.3) is 11.3 Å². The lowest BCUT2D eigenvalue weighted by atomic mass is 9.93. The first-order valence-electron chi connectivity index (χ1n) is 13.2. The van der Waals surface area contributed by atoms with Crippen molar-refractivity contribution in [1.29, 1.82) is 0 Å². The van der Waals surface area contributed by atoms with E-state index in [-0.39, 0.29) is 29.5 Å². The van der Waals surface area contributed by atoms with Crippen molar-refractivity contribution in [3.05, 3.63) is 124 Å². The Bertz CT molecular complexity index is 1600. The third kappa shape index (κ3) is 5.77. The molecule has 1 saturated heterocycles. The van der Waals surface area contributed by atoms with Crippen LogP contribution < -0.4 is 10.5 Å². The van der Waals surface area contributed by atoms with Crippen molar-refractivity contribution >= 4 is 29.0 Å². The highest BCUT2D eigenvalue weighted by Gasteiger charge is 2.35. The van der Waals surface area contributed by atoms with Crippen molar-refractivity contribution in [1.82, 2.24) is 24.9 Å². The molecule has 10 heteroatoms. The van der Waals surface area contributed by atoms with Gasteiger partial charge in [-0.25, -0.2) is 14.1 Å². The lowest BCUT2D eigenvalue weighted by Crippen LogP contribution is -2.49. The second-order valence-electron chi connectivity index (χ2n) is 9.94. The van der Waals surface area contributed by atoms with Gasteiger partial charge in [0.1, 0.15) is 11.5 Å². The highest BCUT2D eigenvalue weighted by atomic mass is 35.5. The van der Waals surface area contributed by atoms with Crippen LogP contribution in [0.3, 0.4) is 0 Å². The van der Waals surface area contributed by atoms with E-state index in [2.05, 4.69) is 68.7 Å². The Labute approximate surface area is 247 Å². The van der Waals surface area contributed by atoms with Gasteiger partial charge in [0.25, 0.3) is 0 Å². The van der Waals surface area contributed by atoms with Crippen LogP contribution >= 0.6 is 23.2 Å². The molecule has 0 atom stereocenters. The molecule has 3 aromatic carbocycles. The number of anilines is 1. The van der Waals surface area contributed by atoms with Crippen LogP contribution in [-0.4, -0.2) is 44.6 Å². The van der Waals surface area contributed by atoms with E-state index >= 15 is 0 Å². The Kier molecular flexibility index (Phi) is 7.87. The maximum absolute atomic E-state index is 13.8. The van der Waals surface area contributed by atoms with E-state index in [0.29, 0.717) is 28.5 Å². The van der Waals surface area contributed by atoms with E-state index in [9.17, 15) is 4.39 Å². The number of hydrogen-bond acceptors (Lipinski definition) is 6. The van der Waals surface area contributed by atoms with Gasteiger partial charge in [-0.3, -0.25) is 4.90 Å². The molecule has 5 aromatic rings. The summed E-state index contributed by atoms with van der Waals surface area (Å²) in [7, 11) is 0. The summed E-state index contributed by atoms with van der Waals surface area (Å²) in [6.45, 7) is 1.88. The maximum Gasteiger partial charge on any atom is 0.166 e. The number of nitrogens with two attached hydrogens (primary N) is 1. The van der Waals surface area contributed by atoms with E-state index in [1.54, 1.807) is 12.3 Å². The molecular formula is C31H27Cl2FN6O. The molecule has 2 aromatic heterocycles. The number of nitrogens with zero attached hydrogens (tertiary/aromatic N) is 5. The molecule has 2 N–H and O–H groups in total. The maximum atomic E-state index is 13.8. The highest BCUT2D eigenvalue weighted by Crippen LogP contribution is 2.36. The fraction of sp³-hybridized carbons (Fsp3) is 0.194. The second kappa shape index (κ2) is 11.9. The summed E-state index contributed by atoms with van der Waals surface area (Å²) in [6, 6.07) is 26.0. The minimum atomic E-state index is -0.525. The molecule has 0 unspecified atom stereocenters. The molecule has 208 valence electrons. The molecular weight excluding hydrogens is 562 g/mol. The van der Waals surface area contributed by atoms with Crippen LogP contribution in [0.1, 0.15) is 28.8 Å². The third-order valence-electron chi connectivity index (χ3n) is 7.30. The normalized spacial score (nSPS) is 13.9. The Hall–Kier alpha value is -3.98. The van der Waals surface area contributed by atoms with Crippen LogP contribution in [0.15, 0.2) is 91.3 Å². The number of likely N-dealkylation sites (tertiary alicyclic amines) is 1. The summed E-state index contributed by atoms with van der Waals surface area (Å²) in [4.78, 5) is 6.73. The van der Waals surface area contributed by atoms with E-state index in [1.807, 2.05) is 23.0 Å². The molecule has 41 heavy (non-hydrogen) atoms. The van der Waals surface area contributed by atoms with E-state index in [0.717, 1.165) is 18.7 Å². The van der Waals surface area contributed by atoms with Gasteiger partial charge in [-0.15, -0.1) is 5.10 Å². The van der Waals surface area contributed by atoms with Crippen molar-refractivity contribution in [2.24, 2.45) is 0 Å². The molecule has 1 fully saturated rings. The van der Waals surface area contributed by atoms with Crippen molar-refractivity contribution in [3.63, 3.8) is 0 Å². The van der Waals surface area contributed by atoms with Crippen molar-refractivity contribution in [2.75, 3.05) is 25.4 Å². The number of benzene rings is 3. The van der Waals surface area contributed by atoms with Crippen LogP contribution in [-0.2, 0) is 6.42 Å². The number of rotatable bonds is 9. The Balaban J connectivity index is 1.13. The molecule has 1 aliphatic heterocycles. The van der Waals surface area contributed by atoms with Crippen LogP contribution in [0, 0.1) is 5.82 Å². The standard InChI is InChI=1S/C31H27Cl2FN6O/c32-25-11-12-26(34)29(33)24(25)13-14-41-28-15-22(16-36-31(28)35)27-19-40(38-37-27)23-17-39(18-23)30(20-7-3-1-4-8-20)21-9-5-2-6-10-21/h1-12,15-16,19,23,30H,13-14,17-18H2,(H2,35,36). The third-order valence-corrected chi connectivity index (χ3v) is 8.06. The van der Waals surface area contributed by atoms with Gasteiger partial charge in [0, 0.05) is 36.3 Å². The zero-order valence-electron chi connectivity index (χ0n) is 22.0. The van der Waals surface area contributed by atoms with E-state index in [4.69, 9.17) is 33.7 Å². The number of ether oxygens (including phenoxy) is 1. The SMILES string of the molecule is Nc1ncc(-c2cn(C3CN(C(c4ccccc4)c4ccccc4)C3)nn2)cc1OCCc1c(Cl)ccc(F)c1Cl. The smallest absolute Gasteiger partial charge is 0.166 e. The van der Waals surface area contributed by atoms with Gasteiger partial charge in [-0.1, -0.05) is 89.1 Å². The van der Waals surface area contributed by atoms with Gasteiger partial charge in [0.2, 0.25) is 0 Å². The lowest BCUT2D eigenvalue weighted by Gasteiger charge is -2.44. The summed E-state index contributed by atoms with van der Waals surface area (Å²) < 4.78 is 21.6. The quantitative estimate of drug-likeness (QED) is 0.194. The van der Waals surface area contributed by atoms with Crippen LogP contribution in [0.2, 0.25) is 10.0 Å². The summed E-state index contributed by atoms with van der Waals surface area (Å²) in [6.07, 6.45) is 3.87. The number of hydrogen-bond donors (Lipinski definition) is 1. The van der Waals surface area contributed by atoms with Crippen LogP contribution in [0.5, 0.6) is 5.75 Å². The van der Waals surface area contributed by atoms with Crippen LogP contribution in [0.4, 0.5) is 10.2 Å². The number of halogens is 3. The largest absolute Gasteiger partial charge is 0.489 e. The molecule has 0 bridgehead atoms. The molecule has 1 aliphatic rings. The average molecular weight is 590 g/mol. The number of aromatic nitrogens is 4. The molecule has 0 aliphatic carbocycles. The fourth-order valence-corrected chi connectivity index (χ4v) is 5.67. The monoisotopic (exact) mass is 588 g/mol. The molecule has 0 amide bonds. The Morgan fingerprint density at radius 3 is 2.34 bits per heavy atom. The van der Waals surface area contributed by atoms with Crippen molar-refractivity contribution in [3.8, 4) is 17.0 Å². The van der Waals surface area contributed by atoms with E-state index < -0.39 is 5.82 Å². The van der Waals surface area contributed by atoms with Crippen molar-refractivity contribution in [2.45, 2.75) is 18.5 Å². The topological polar surface area (TPSA) is 82.1 Å². The van der Waals surface area contributed by atoms with Gasteiger partial charge >= 0.3 is 0 Å². The zero-order chi connectivity index (χ0) is 28.3. The number of pyridine rings is 1. The summed E-state index contributed by atoms with van der Waals surface area (Å²) in [5.74, 6) is 0.103. The Morgan fingerprint density at radius 1 is 0.976 bits per heavy atom. The van der Waals surface area contributed by atoms with Crippen molar-refractivity contribution < 1.29 is 9.13 Å². The first-order chi connectivity index (χ1) is 20.0. The molecule has 7 nitrogen and oxygen atoms in total.